The van der Waals surface area contributed by atoms with Crippen LogP contribution in [-0.4, -0.2) is 5.11 Å². The second-order valence-electron chi connectivity index (χ2n) is 7.78. The minimum absolute atomic E-state index is 0.00410. The third-order valence-corrected chi connectivity index (χ3v) is 4.49. The molecule has 22 heavy (non-hydrogen) atoms. The van der Waals surface area contributed by atoms with E-state index in [9.17, 15) is 5.11 Å². The number of benzene rings is 1. The van der Waals surface area contributed by atoms with E-state index in [0.717, 1.165) is 17.5 Å². The standard InChI is InChI=1S/C21H36O/c1-6-7-8-9-10-11-12-13-14-18-15-17(2)20(22)19(16-18)21(3,4)5/h15-16,22H,6-14H2,1-5H3. The number of aryl methyl sites for hydroxylation is 2. The van der Waals surface area contributed by atoms with Crippen molar-refractivity contribution in [2.75, 3.05) is 0 Å². The third kappa shape index (κ3) is 6.42. The van der Waals surface area contributed by atoms with Crippen LogP contribution in [0.4, 0.5) is 0 Å². The van der Waals surface area contributed by atoms with Crippen LogP contribution in [0.2, 0.25) is 0 Å². The molecule has 1 nitrogen and oxygen atoms in total. The maximum atomic E-state index is 10.3. The first-order valence-corrected chi connectivity index (χ1v) is 9.19. The van der Waals surface area contributed by atoms with Crippen molar-refractivity contribution < 1.29 is 5.11 Å². The van der Waals surface area contributed by atoms with E-state index in [-0.39, 0.29) is 5.41 Å². The van der Waals surface area contributed by atoms with Gasteiger partial charge in [0, 0.05) is 0 Å². The van der Waals surface area contributed by atoms with E-state index in [1.165, 1.54) is 56.9 Å². The fourth-order valence-electron chi connectivity index (χ4n) is 3.03. The average Bonchev–Trinajstić information content (AvgIpc) is 2.44. The summed E-state index contributed by atoms with van der Waals surface area (Å²) >= 11 is 0. The van der Waals surface area contributed by atoms with Gasteiger partial charge in [0.1, 0.15) is 5.75 Å². The van der Waals surface area contributed by atoms with Crippen molar-refractivity contribution >= 4 is 0 Å². The Morgan fingerprint density at radius 1 is 0.864 bits per heavy atom. The van der Waals surface area contributed by atoms with Gasteiger partial charge in [0.2, 0.25) is 0 Å². The molecule has 0 saturated heterocycles. The quantitative estimate of drug-likeness (QED) is 0.504. The number of aromatic hydroxyl groups is 1. The normalized spacial score (nSPS) is 11.9. The minimum atomic E-state index is 0.00410. The van der Waals surface area contributed by atoms with Crippen LogP contribution in [-0.2, 0) is 11.8 Å². The molecule has 0 bridgehead atoms. The van der Waals surface area contributed by atoms with Crippen molar-refractivity contribution in [3.05, 3.63) is 28.8 Å². The number of phenols is 1. The Bertz CT molecular complexity index is 440. The first kappa shape index (κ1) is 19.1. The van der Waals surface area contributed by atoms with Crippen LogP contribution >= 0.6 is 0 Å². The zero-order valence-corrected chi connectivity index (χ0v) is 15.5. The predicted octanol–water partition coefficient (Wildman–Crippen LogP) is 6.68. The molecule has 0 spiro atoms. The lowest BCUT2D eigenvalue weighted by Gasteiger charge is -2.22. The van der Waals surface area contributed by atoms with E-state index in [1.807, 2.05) is 6.92 Å². The van der Waals surface area contributed by atoms with Gasteiger partial charge in [-0.25, -0.2) is 0 Å². The summed E-state index contributed by atoms with van der Waals surface area (Å²) in [7, 11) is 0. The van der Waals surface area contributed by atoms with Crippen molar-refractivity contribution in [3.63, 3.8) is 0 Å². The van der Waals surface area contributed by atoms with E-state index in [2.05, 4.69) is 39.8 Å². The molecule has 1 rings (SSSR count). The number of rotatable bonds is 9. The van der Waals surface area contributed by atoms with E-state index in [0.29, 0.717) is 5.75 Å². The van der Waals surface area contributed by atoms with Crippen molar-refractivity contribution in [2.24, 2.45) is 0 Å². The Kier molecular flexibility index (Phi) is 8.00. The first-order chi connectivity index (χ1) is 10.4. The first-order valence-electron chi connectivity index (χ1n) is 9.19. The van der Waals surface area contributed by atoms with Crippen LogP contribution in [0.3, 0.4) is 0 Å². The van der Waals surface area contributed by atoms with Gasteiger partial charge in [-0.15, -0.1) is 0 Å². The highest BCUT2D eigenvalue weighted by Crippen LogP contribution is 2.34. The molecule has 1 heteroatoms. The van der Waals surface area contributed by atoms with Gasteiger partial charge in [-0.1, -0.05) is 84.8 Å². The molecule has 0 amide bonds. The minimum Gasteiger partial charge on any atom is -0.507 e. The molecule has 0 atom stereocenters. The van der Waals surface area contributed by atoms with Crippen LogP contribution in [0.1, 0.15) is 95.8 Å². The van der Waals surface area contributed by atoms with Crippen molar-refractivity contribution in [2.45, 2.75) is 97.8 Å². The summed E-state index contributed by atoms with van der Waals surface area (Å²) in [4.78, 5) is 0. The fraction of sp³-hybridized carbons (Fsp3) is 0.714. The molecule has 1 aromatic rings. The second kappa shape index (κ2) is 9.22. The van der Waals surface area contributed by atoms with Gasteiger partial charge in [-0.2, -0.15) is 0 Å². The van der Waals surface area contributed by atoms with Gasteiger partial charge < -0.3 is 5.11 Å². The van der Waals surface area contributed by atoms with E-state index < -0.39 is 0 Å². The monoisotopic (exact) mass is 304 g/mol. The van der Waals surface area contributed by atoms with Crippen molar-refractivity contribution in [1.82, 2.24) is 0 Å². The van der Waals surface area contributed by atoms with E-state index >= 15 is 0 Å². The molecular weight excluding hydrogens is 268 g/mol. The van der Waals surface area contributed by atoms with Gasteiger partial charge >= 0.3 is 0 Å². The maximum Gasteiger partial charge on any atom is 0.122 e. The number of hydrogen-bond donors (Lipinski definition) is 1. The Balaban J connectivity index is 2.42. The highest BCUT2D eigenvalue weighted by molar-refractivity contribution is 5.46. The van der Waals surface area contributed by atoms with Crippen LogP contribution in [0.5, 0.6) is 5.75 Å². The summed E-state index contributed by atoms with van der Waals surface area (Å²) in [5.74, 6) is 0.479. The number of phenolic OH excluding ortho intramolecular Hbond substituents is 1. The maximum absolute atomic E-state index is 10.3. The molecule has 1 N–H and O–H groups in total. The lowest BCUT2D eigenvalue weighted by atomic mass is 9.83. The molecule has 0 radical (unpaired) electrons. The molecule has 0 aromatic heterocycles. The van der Waals surface area contributed by atoms with Crippen LogP contribution < -0.4 is 0 Å². The molecule has 0 heterocycles. The summed E-state index contributed by atoms with van der Waals surface area (Å²) in [6, 6.07) is 4.37. The molecular formula is C21H36O. The van der Waals surface area contributed by atoms with E-state index in [4.69, 9.17) is 0 Å². The Morgan fingerprint density at radius 2 is 1.41 bits per heavy atom. The molecule has 0 aliphatic carbocycles. The summed E-state index contributed by atoms with van der Waals surface area (Å²) in [5, 5.41) is 10.3. The Morgan fingerprint density at radius 3 is 1.95 bits per heavy atom. The smallest absolute Gasteiger partial charge is 0.122 e. The van der Waals surface area contributed by atoms with Gasteiger partial charge in [0.15, 0.2) is 0 Å². The molecule has 0 unspecified atom stereocenters. The number of hydrogen-bond acceptors (Lipinski definition) is 1. The lowest BCUT2D eigenvalue weighted by Crippen LogP contribution is -2.12. The Labute approximate surface area is 138 Å². The van der Waals surface area contributed by atoms with Crippen molar-refractivity contribution in [1.29, 1.82) is 0 Å². The summed E-state index contributed by atoms with van der Waals surface area (Å²) < 4.78 is 0. The van der Waals surface area contributed by atoms with Crippen LogP contribution in [0.25, 0.3) is 0 Å². The molecule has 1 aromatic carbocycles. The van der Waals surface area contributed by atoms with Crippen molar-refractivity contribution in [3.8, 4) is 5.75 Å². The number of unbranched alkanes of at least 4 members (excludes halogenated alkanes) is 7. The van der Waals surface area contributed by atoms with Gasteiger partial charge in [-0.05, 0) is 41.9 Å². The fourth-order valence-corrected chi connectivity index (χ4v) is 3.03. The second-order valence-corrected chi connectivity index (χ2v) is 7.78. The van der Waals surface area contributed by atoms with Gasteiger partial charge in [0.05, 0.1) is 0 Å². The topological polar surface area (TPSA) is 20.2 Å². The molecule has 126 valence electrons. The zero-order chi connectivity index (χ0) is 16.6. The van der Waals surface area contributed by atoms with Gasteiger partial charge in [-0.3, -0.25) is 0 Å². The third-order valence-electron chi connectivity index (χ3n) is 4.49. The highest BCUT2D eigenvalue weighted by atomic mass is 16.3. The Hall–Kier alpha value is -0.980. The summed E-state index contributed by atoms with van der Waals surface area (Å²) in [5.41, 5.74) is 3.49. The largest absolute Gasteiger partial charge is 0.507 e. The lowest BCUT2D eigenvalue weighted by molar-refractivity contribution is 0.442. The van der Waals surface area contributed by atoms with Crippen LogP contribution in [0, 0.1) is 6.92 Å². The molecule has 0 saturated carbocycles. The van der Waals surface area contributed by atoms with Gasteiger partial charge in [0.25, 0.3) is 0 Å². The average molecular weight is 305 g/mol. The predicted molar refractivity (Wildman–Crippen MR) is 97.9 cm³/mol. The summed E-state index contributed by atoms with van der Waals surface area (Å²) in [6.07, 6.45) is 12.0. The zero-order valence-electron chi connectivity index (χ0n) is 15.5. The summed E-state index contributed by atoms with van der Waals surface area (Å²) in [6.45, 7) is 10.8. The highest BCUT2D eigenvalue weighted by Gasteiger charge is 2.19. The van der Waals surface area contributed by atoms with E-state index in [1.54, 1.807) is 0 Å². The SMILES string of the molecule is CCCCCCCCCCc1cc(C)c(O)c(C(C)(C)C)c1. The van der Waals surface area contributed by atoms with Crippen LogP contribution in [0.15, 0.2) is 12.1 Å². The molecule has 0 fully saturated rings. The molecule has 0 aliphatic rings. The molecule has 0 aliphatic heterocycles.